The highest BCUT2D eigenvalue weighted by Gasteiger charge is 2.20. The summed E-state index contributed by atoms with van der Waals surface area (Å²) in [4.78, 5) is 5.48. The highest BCUT2D eigenvalue weighted by atomic mass is 15.1. The van der Waals surface area contributed by atoms with Gasteiger partial charge in [-0.25, -0.2) is 4.98 Å². The van der Waals surface area contributed by atoms with Crippen molar-refractivity contribution in [3.8, 4) is 23.0 Å². The third-order valence-electron chi connectivity index (χ3n) is 12.2. The van der Waals surface area contributed by atoms with Gasteiger partial charge in [0.1, 0.15) is 11.6 Å². The molecule has 0 bridgehead atoms. The van der Waals surface area contributed by atoms with Crippen molar-refractivity contribution >= 4 is 87.2 Å². The Balaban J connectivity index is 1.00. The Bertz CT molecular complexity index is 3460. The van der Waals surface area contributed by atoms with Crippen LogP contribution in [0.4, 0.5) is 0 Å². The number of benzene rings is 8. The Morgan fingerprint density at radius 1 is 0.224 bits per heavy atom. The van der Waals surface area contributed by atoms with E-state index in [0.29, 0.717) is 0 Å². The van der Waals surface area contributed by atoms with Gasteiger partial charge in [0.05, 0.1) is 44.1 Å². The molecule has 0 saturated heterocycles. The lowest BCUT2D eigenvalue weighted by molar-refractivity contribution is 1.01. The zero-order valence-corrected chi connectivity index (χ0v) is 31.3. The maximum Gasteiger partial charge on any atom is 0.140 e. The van der Waals surface area contributed by atoms with Crippen molar-refractivity contribution in [3.63, 3.8) is 0 Å². The van der Waals surface area contributed by atoms with E-state index in [1.807, 2.05) is 0 Å². The van der Waals surface area contributed by atoms with Gasteiger partial charge in [-0.2, -0.15) is 0 Å². The zero-order chi connectivity index (χ0) is 37.9. The number of para-hydroxylation sites is 6. The van der Waals surface area contributed by atoms with Gasteiger partial charge in [0.25, 0.3) is 0 Å². The van der Waals surface area contributed by atoms with Crippen molar-refractivity contribution in [2.24, 2.45) is 0 Å². The molecule has 58 heavy (non-hydrogen) atoms. The second kappa shape index (κ2) is 11.8. The summed E-state index contributed by atoms with van der Waals surface area (Å²) in [5, 5.41) is 9.81. The highest BCUT2D eigenvalue weighted by Crippen LogP contribution is 2.39. The normalized spacial score (nSPS) is 12.1. The predicted molar refractivity (Wildman–Crippen MR) is 242 cm³/mol. The molecule has 0 unspecified atom stereocenters. The molecule has 5 heterocycles. The molecule has 0 spiro atoms. The predicted octanol–water partition coefficient (Wildman–Crippen LogP) is 13.5. The van der Waals surface area contributed by atoms with Crippen LogP contribution in [0, 0.1) is 0 Å². The molecule has 270 valence electrons. The molecular formula is C53H33N5. The standard InChI is InChI=1S/C53H33N5/c1-7-20-44-36(14-1)37-15-2-8-21-45(37)55(44)34-28-30-50-42(32-34)40-18-5-11-24-48(40)57(50)52-26-13-27-53(54-52)58-49-25-12-6-19-41(49)43-33-35(29-31-51(43)58)56-46-22-9-3-16-38(46)39-17-4-10-23-47(39)56/h1-33H. The minimum Gasteiger partial charge on any atom is -0.309 e. The van der Waals surface area contributed by atoms with Crippen molar-refractivity contribution in [2.45, 2.75) is 0 Å². The van der Waals surface area contributed by atoms with E-state index in [4.69, 9.17) is 4.98 Å². The summed E-state index contributed by atoms with van der Waals surface area (Å²) in [5.74, 6) is 1.75. The minimum absolute atomic E-state index is 0.876. The van der Waals surface area contributed by atoms with E-state index in [1.165, 1.54) is 65.2 Å². The Morgan fingerprint density at radius 3 is 0.845 bits per heavy atom. The van der Waals surface area contributed by atoms with Crippen molar-refractivity contribution in [1.29, 1.82) is 0 Å². The lowest BCUT2D eigenvalue weighted by atomic mass is 10.1. The number of pyridine rings is 1. The summed E-state index contributed by atoms with van der Waals surface area (Å²) in [6.07, 6.45) is 0. The lowest BCUT2D eigenvalue weighted by Gasteiger charge is -2.12. The largest absolute Gasteiger partial charge is 0.309 e. The van der Waals surface area contributed by atoms with Crippen molar-refractivity contribution in [1.82, 2.24) is 23.3 Å². The SMILES string of the molecule is c1cc(-n2c3ccccc3c3cc(-n4c5ccccc5c5ccccc54)ccc32)nc(-n2c3ccccc3c3cc(-n4c5ccccc5c5ccccc54)ccc32)c1. The average molecular weight is 740 g/mol. The second-order valence-electron chi connectivity index (χ2n) is 15.2. The van der Waals surface area contributed by atoms with Crippen molar-refractivity contribution in [2.75, 3.05) is 0 Å². The van der Waals surface area contributed by atoms with Crippen LogP contribution in [0.15, 0.2) is 200 Å². The molecule has 0 fully saturated rings. The Hall–Kier alpha value is -7.89. The molecular weight excluding hydrogens is 707 g/mol. The summed E-state index contributed by atoms with van der Waals surface area (Å²) in [6.45, 7) is 0. The number of rotatable bonds is 4. The monoisotopic (exact) mass is 739 g/mol. The van der Waals surface area contributed by atoms with Gasteiger partial charge in [-0.05, 0) is 84.9 Å². The van der Waals surface area contributed by atoms with Crippen molar-refractivity contribution in [3.05, 3.63) is 200 Å². The summed E-state index contributed by atoms with van der Waals surface area (Å²) in [6, 6.07) is 72.3. The highest BCUT2D eigenvalue weighted by molar-refractivity contribution is 6.14. The summed E-state index contributed by atoms with van der Waals surface area (Å²) in [7, 11) is 0. The van der Waals surface area contributed by atoms with Crippen LogP contribution in [0.3, 0.4) is 0 Å². The van der Waals surface area contributed by atoms with Crippen LogP contribution >= 0.6 is 0 Å². The van der Waals surface area contributed by atoms with E-state index >= 15 is 0 Å². The smallest absolute Gasteiger partial charge is 0.140 e. The third-order valence-corrected chi connectivity index (χ3v) is 12.2. The quantitative estimate of drug-likeness (QED) is 0.177. The number of hydrogen-bond donors (Lipinski definition) is 0. The Morgan fingerprint density at radius 2 is 0.500 bits per heavy atom. The fourth-order valence-corrected chi connectivity index (χ4v) is 9.76. The fraction of sp³-hybridized carbons (Fsp3) is 0. The van der Waals surface area contributed by atoms with Gasteiger partial charge in [-0.1, -0.05) is 115 Å². The number of nitrogens with zero attached hydrogens (tertiary/aromatic N) is 5. The minimum atomic E-state index is 0.876. The van der Waals surface area contributed by atoms with Crippen molar-refractivity contribution < 1.29 is 0 Å². The number of fused-ring (bicyclic) bond motifs is 12. The van der Waals surface area contributed by atoms with E-state index in [1.54, 1.807) is 0 Å². The van der Waals surface area contributed by atoms with Crippen LogP contribution in [0.1, 0.15) is 0 Å². The first kappa shape index (κ1) is 31.3. The molecule has 0 radical (unpaired) electrons. The third kappa shape index (κ3) is 4.27. The van der Waals surface area contributed by atoms with Gasteiger partial charge in [-0.3, -0.25) is 9.13 Å². The molecule has 5 heteroatoms. The van der Waals surface area contributed by atoms with Crippen LogP contribution < -0.4 is 0 Å². The van der Waals surface area contributed by atoms with E-state index in [0.717, 1.165) is 45.1 Å². The van der Waals surface area contributed by atoms with Gasteiger partial charge in [0.2, 0.25) is 0 Å². The summed E-state index contributed by atoms with van der Waals surface area (Å²) in [5.41, 5.74) is 11.6. The first-order chi connectivity index (χ1) is 28.8. The molecule has 0 N–H and O–H groups in total. The molecule has 13 rings (SSSR count). The Kier molecular flexibility index (Phi) is 6.38. The summed E-state index contributed by atoms with van der Waals surface area (Å²) < 4.78 is 9.42. The Labute approximate surface area is 332 Å². The maximum absolute atomic E-state index is 5.48. The second-order valence-corrected chi connectivity index (χ2v) is 15.2. The van der Waals surface area contributed by atoms with Crippen LogP contribution in [0.25, 0.3) is 110 Å². The molecule has 0 saturated carbocycles. The van der Waals surface area contributed by atoms with E-state index < -0.39 is 0 Å². The van der Waals surface area contributed by atoms with Gasteiger partial charge in [0.15, 0.2) is 0 Å². The van der Waals surface area contributed by atoms with E-state index in [2.05, 4.69) is 218 Å². The molecule has 5 aromatic heterocycles. The maximum atomic E-state index is 5.48. The number of hydrogen-bond acceptors (Lipinski definition) is 1. The van der Waals surface area contributed by atoms with Crippen LogP contribution in [-0.2, 0) is 0 Å². The molecule has 0 atom stereocenters. The first-order valence-corrected chi connectivity index (χ1v) is 19.8. The zero-order valence-electron chi connectivity index (χ0n) is 31.3. The average Bonchev–Trinajstić information content (AvgIpc) is 4.01. The van der Waals surface area contributed by atoms with Gasteiger partial charge in [-0.15, -0.1) is 0 Å². The van der Waals surface area contributed by atoms with Gasteiger partial charge >= 0.3 is 0 Å². The van der Waals surface area contributed by atoms with Gasteiger partial charge in [0, 0.05) is 54.5 Å². The summed E-state index contributed by atoms with van der Waals surface area (Å²) >= 11 is 0. The molecule has 0 amide bonds. The van der Waals surface area contributed by atoms with Gasteiger partial charge < -0.3 is 9.13 Å². The molecule has 13 aromatic rings. The topological polar surface area (TPSA) is 32.6 Å². The van der Waals surface area contributed by atoms with Crippen LogP contribution in [-0.4, -0.2) is 23.3 Å². The van der Waals surface area contributed by atoms with E-state index in [-0.39, 0.29) is 0 Å². The van der Waals surface area contributed by atoms with Crippen LogP contribution in [0.5, 0.6) is 0 Å². The molecule has 0 aliphatic heterocycles. The molecule has 0 aliphatic carbocycles. The lowest BCUT2D eigenvalue weighted by Crippen LogP contribution is -2.03. The fourth-order valence-electron chi connectivity index (χ4n) is 9.76. The van der Waals surface area contributed by atoms with Crippen LogP contribution in [0.2, 0.25) is 0 Å². The molecule has 5 nitrogen and oxygen atoms in total. The molecule has 0 aliphatic rings. The molecule has 8 aromatic carbocycles. The van der Waals surface area contributed by atoms with E-state index in [9.17, 15) is 0 Å². The number of aromatic nitrogens is 5. The first-order valence-electron chi connectivity index (χ1n) is 19.8.